The number of rotatable bonds is 6. The quantitative estimate of drug-likeness (QED) is 0.831. The van der Waals surface area contributed by atoms with Crippen LogP contribution in [0.5, 0.6) is 11.5 Å². The van der Waals surface area contributed by atoms with Crippen LogP contribution < -0.4 is 14.8 Å². The van der Waals surface area contributed by atoms with Crippen LogP contribution in [0.1, 0.15) is 27.0 Å². The van der Waals surface area contributed by atoms with Crippen molar-refractivity contribution in [3.63, 3.8) is 0 Å². The molecular formula is C19H23NO3. The van der Waals surface area contributed by atoms with Crippen LogP contribution in [0.3, 0.4) is 0 Å². The zero-order valence-electron chi connectivity index (χ0n) is 14.1. The third-order valence-electron chi connectivity index (χ3n) is 3.58. The van der Waals surface area contributed by atoms with E-state index in [-0.39, 0.29) is 5.91 Å². The standard InChI is InChI=1S/C19H23NO3/c1-13-5-7-17(15(3)11-13)23-10-9-20-19(21)16-12-14(2)6-8-18(16)22-4/h5-8,11-12H,9-10H2,1-4H3,(H,20,21). The zero-order valence-corrected chi connectivity index (χ0v) is 14.1. The van der Waals surface area contributed by atoms with Crippen LogP contribution in [-0.4, -0.2) is 26.2 Å². The molecule has 4 heteroatoms. The highest BCUT2D eigenvalue weighted by atomic mass is 16.5. The summed E-state index contributed by atoms with van der Waals surface area (Å²) in [5.74, 6) is 1.26. The van der Waals surface area contributed by atoms with Crippen molar-refractivity contribution in [2.24, 2.45) is 0 Å². The van der Waals surface area contributed by atoms with Crippen LogP contribution >= 0.6 is 0 Å². The summed E-state index contributed by atoms with van der Waals surface area (Å²) in [5, 5.41) is 2.86. The summed E-state index contributed by atoms with van der Waals surface area (Å²) in [6.07, 6.45) is 0. The summed E-state index contributed by atoms with van der Waals surface area (Å²) in [5.41, 5.74) is 3.85. The Morgan fingerprint density at radius 1 is 1.00 bits per heavy atom. The average Bonchev–Trinajstić information content (AvgIpc) is 2.53. The Bertz CT molecular complexity index is 695. The van der Waals surface area contributed by atoms with Gasteiger partial charge in [0, 0.05) is 0 Å². The third-order valence-corrected chi connectivity index (χ3v) is 3.58. The predicted molar refractivity (Wildman–Crippen MR) is 91.5 cm³/mol. The van der Waals surface area contributed by atoms with Crippen molar-refractivity contribution in [3.8, 4) is 11.5 Å². The molecule has 0 heterocycles. The molecular weight excluding hydrogens is 290 g/mol. The maximum atomic E-state index is 12.3. The summed E-state index contributed by atoms with van der Waals surface area (Å²) >= 11 is 0. The minimum atomic E-state index is -0.158. The van der Waals surface area contributed by atoms with Crippen LogP contribution in [0.25, 0.3) is 0 Å². The molecule has 1 amide bonds. The molecule has 4 nitrogen and oxygen atoms in total. The molecule has 0 aromatic heterocycles. The summed E-state index contributed by atoms with van der Waals surface area (Å²) in [7, 11) is 1.56. The van der Waals surface area contributed by atoms with E-state index in [0.717, 1.165) is 16.9 Å². The van der Waals surface area contributed by atoms with Crippen molar-refractivity contribution >= 4 is 5.91 Å². The number of aryl methyl sites for hydroxylation is 3. The van der Waals surface area contributed by atoms with E-state index in [1.165, 1.54) is 5.56 Å². The van der Waals surface area contributed by atoms with E-state index in [0.29, 0.717) is 24.5 Å². The Morgan fingerprint density at radius 2 is 1.65 bits per heavy atom. The minimum absolute atomic E-state index is 0.158. The fourth-order valence-corrected chi connectivity index (χ4v) is 2.38. The highest BCUT2D eigenvalue weighted by Crippen LogP contribution is 2.20. The van der Waals surface area contributed by atoms with Gasteiger partial charge in [0.1, 0.15) is 18.1 Å². The molecule has 0 fully saturated rings. The third kappa shape index (κ3) is 4.49. The number of carbonyl (C=O) groups is 1. The average molecular weight is 313 g/mol. The molecule has 1 N–H and O–H groups in total. The monoisotopic (exact) mass is 313 g/mol. The van der Waals surface area contributed by atoms with Gasteiger partial charge in [-0.1, -0.05) is 29.3 Å². The van der Waals surface area contributed by atoms with Crippen molar-refractivity contribution in [1.29, 1.82) is 0 Å². The van der Waals surface area contributed by atoms with Gasteiger partial charge in [0.2, 0.25) is 0 Å². The molecule has 2 aromatic carbocycles. The van der Waals surface area contributed by atoms with Crippen LogP contribution in [0.2, 0.25) is 0 Å². The van der Waals surface area contributed by atoms with Gasteiger partial charge in [-0.15, -0.1) is 0 Å². The van der Waals surface area contributed by atoms with Gasteiger partial charge in [0.25, 0.3) is 5.91 Å². The summed E-state index contributed by atoms with van der Waals surface area (Å²) < 4.78 is 10.9. The fraction of sp³-hybridized carbons (Fsp3) is 0.316. The van der Waals surface area contributed by atoms with Crippen molar-refractivity contribution in [2.75, 3.05) is 20.3 Å². The second kappa shape index (κ2) is 7.68. The number of carbonyl (C=O) groups excluding carboxylic acids is 1. The number of hydrogen-bond acceptors (Lipinski definition) is 3. The second-order valence-electron chi connectivity index (χ2n) is 5.58. The molecule has 0 aliphatic rings. The molecule has 0 aliphatic heterocycles. The molecule has 2 aromatic rings. The van der Waals surface area contributed by atoms with E-state index < -0.39 is 0 Å². The Morgan fingerprint density at radius 3 is 2.30 bits per heavy atom. The summed E-state index contributed by atoms with van der Waals surface area (Å²) in [4.78, 5) is 12.3. The lowest BCUT2D eigenvalue weighted by Crippen LogP contribution is -2.28. The smallest absolute Gasteiger partial charge is 0.255 e. The van der Waals surface area contributed by atoms with Gasteiger partial charge >= 0.3 is 0 Å². The van der Waals surface area contributed by atoms with Gasteiger partial charge < -0.3 is 14.8 Å². The lowest BCUT2D eigenvalue weighted by atomic mass is 10.1. The first kappa shape index (κ1) is 16.9. The fourth-order valence-electron chi connectivity index (χ4n) is 2.38. The van der Waals surface area contributed by atoms with Crippen molar-refractivity contribution in [1.82, 2.24) is 5.32 Å². The van der Waals surface area contributed by atoms with E-state index in [1.54, 1.807) is 13.2 Å². The van der Waals surface area contributed by atoms with Crippen LogP contribution in [-0.2, 0) is 0 Å². The Kier molecular flexibility index (Phi) is 5.63. The van der Waals surface area contributed by atoms with Gasteiger partial charge in [-0.25, -0.2) is 0 Å². The zero-order chi connectivity index (χ0) is 16.8. The molecule has 0 bridgehead atoms. The number of ether oxygens (including phenoxy) is 2. The molecule has 0 saturated heterocycles. The molecule has 0 radical (unpaired) electrons. The maximum Gasteiger partial charge on any atom is 0.255 e. The highest BCUT2D eigenvalue weighted by Gasteiger charge is 2.11. The Hall–Kier alpha value is -2.49. The molecule has 0 saturated carbocycles. The summed E-state index contributed by atoms with van der Waals surface area (Å²) in [6.45, 7) is 6.86. The van der Waals surface area contributed by atoms with Crippen LogP contribution in [0.4, 0.5) is 0 Å². The van der Waals surface area contributed by atoms with Gasteiger partial charge in [-0.3, -0.25) is 4.79 Å². The number of benzene rings is 2. The van der Waals surface area contributed by atoms with Crippen molar-refractivity contribution < 1.29 is 14.3 Å². The molecule has 122 valence electrons. The van der Waals surface area contributed by atoms with Crippen LogP contribution in [0, 0.1) is 20.8 Å². The first-order valence-electron chi connectivity index (χ1n) is 7.64. The lowest BCUT2D eigenvalue weighted by Gasteiger charge is -2.12. The molecule has 2 rings (SSSR count). The van der Waals surface area contributed by atoms with E-state index in [4.69, 9.17) is 9.47 Å². The molecule has 0 atom stereocenters. The normalized spacial score (nSPS) is 10.3. The highest BCUT2D eigenvalue weighted by molar-refractivity contribution is 5.97. The SMILES string of the molecule is COc1ccc(C)cc1C(=O)NCCOc1ccc(C)cc1C. The predicted octanol–water partition coefficient (Wildman–Crippen LogP) is 3.43. The minimum Gasteiger partial charge on any atom is -0.496 e. The van der Waals surface area contributed by atoms with Gasteiger partial charge in [0.15, 0.2) is 0 Å². The second-order valence-corrected chi connectivity index (χ2v) is 5.58. The van der Waals surface area contributed by atoms with E-state index in [9.17, 15) is 4.79 Å². The van der Waals surface area contributed by atoms with Crippen molar-refractivity contribution in [3.05, 3.63) is 58.7 Å². The molecule has 0 spiro atoms. The number of nitrogens with one attached hydrogen (secondary N) is 1. The number of amides is 1. The maximum absolute atomic E-state index is 12.3. The Labute approximate surface area is 137 Å². The lowest BCUT2D eigenvalue weighted by molar-refractivity contribution is 0.0944. The van der Waals surface area contributed by atoms with E-state index >= 15 is 0 Å². The molecule has 0 aliphatic carbocycles. The largest absolute Gasteiger partial charge is 0.496 e. The summed E-state index contributed by atoms with van der Waals surface area (Å²) in [6, 6.07) is 11.6. The van der Waals surface area contributed by atoms with Gasteiger partial charge in [-0.2, -0.15) is 0 Å². The van der Waals surface area contributed by atoms with E-state index in [1.807, 2.05) is 45.0 Å². The van der Waals surface area contributed by atoms with Gasteiger partial charge in [0.05, 0.1) is 19.2 Å². The Balaban J connectivity index is 1.89. The topological polar surface area (TPSA) is 47.6 Å². The molecule has 23 heavy (non-hydrogen) atoms. The van der Waals surface area contributed by atoms with Gasteiger partial charge in [-0.05, 0) is 44.5 Å². The number of hydrogen-bond donors (Lipinski definition) is 1. The van der Waals surface area contributed by atoms with Crippen LogP contribution in [0.15, 0.2) is 36.4 Å². The van der Waals surface area contributed by atoms with E-state index in [2.05, 4.69) is 11.4 Å². The number of methoxy groups -OCH3 is 1. The first-order valence-corrected chi connectivity index (χ1v) is 7.64. The molecule has 0 unspecified atom stereocenters. The van der Waals surface area contributed by atoms with Crippen molar-refractivity contribution in [2.45, 2.75) is 20.8 Å². The first-order chi connectivity index (χ1) is 11.0.